The Hall–Kier alpha value is -0.0500. The number of nitrogens with one attached hydrogen (secondary N) is 2. The van der Waals surface area contributed by atoms with Crippen molar-refractivity contribution < 1.29 is 0 Å². The first-order valence-corrected chi connectivity index (χ1v) is 4.56. The lowest BCUT2D eigenvalue weighted by molar-refractivity contribution is 0.787. The fraction of sp³-hybridized carbons (Fsp3) is 1.00. The second kappa shape index (κ2) is 1.72. The summed E-state index contributed by atoms with van der Waals surface area (Å²) in [7, 11) is -1.84. The molecule has 0 aromatic rings. The van der Waals surface area contributed by atoms with Gasteiger partial charge in [0.2, 0.25) is 0 Å². The van der Waals surface area contributed by atoms with Crippen LogP contribution in [0.5, 0.6) is 0 Å². The highest BCUT2D eigenvalue weighted by atomic mass is 32.2. The van der Waals surface area contributed by atoms with E-state index >= 15 is 0 Å². The predicted octanol–water partition coefficient (Wildman–Crippen LogP) is 2.09. The van der Waals surface area contributed by atoms with Crippen LogP contribution >= 0.6 is 0 Å². The molecule has 0 unspecified atom stereocenters. The Kier molecular flexibility index (Phi) is 1.71. The fourth-order valence-corrected chi connectivity index (χ4v) is 0. The highest BCUT2D eigenvalue weighted by Gasteiger charge is 2.15. The standard InChI is InChI=1S/C5H14N2S/c1-5(2,3)8(4,6)7/h6-7H,1-4H3. The normalized spacial score (nSPS) is 14.0. The van der Waals surface area contributed by atoms with Gasteiger partial charge < -0.3 is 0 Å². The molecule has 0 atom stereocenters. The maximum atomic E-state index is 7.33. The minimum Gasteiger partial charge on any atom is -0.270 e. The van der Waals surface area contributed by atoms with Crippen LogP contribution in [0, 0.1) is 9.56 Å². The topological polar surface area (TPSA) is 47.7 Å². The zero-order valence-electron chi connectivity index (χ0n) is 5.91. The molecule has 0 fully saturated rings. The van der Waals surface area contributed by atoms with Crippen molar-refractivity contribution in [1.29, 1.82) is 9.56 Å². The van der Waals surface area contributed by atoms with E-state index in [-0.39, 0.29) is 4.75 Å². The van der Waals surface area contributed by atoms with Crippen LogP contribution in [0.15, 0.2) is 0 Å². The molecule has 0 aromatic heterocycles. The molecule has 0 saturated carbocycles. The average molecular weight is 134 g/mol. The van der Waals surface area contributed by atoms with Crippen LogP contribution in [0.25, 0.3) is 0 Å². The molecule has 3 heteroatoms. The molecular weight excluding hydrogens is 120 g/mol. The maximum absolute atomic E-state index is 7.33. The van der Waals surface area contributed by atoms with E-state index in [0.29, 0.717) is 0 Å². The third-order valence-corrected chi connectivity index (χ3v) is 3.67. The summed E-state index contributed by atoms with van der Waals surface area (Å²) in [5.41, 5.74) is 0. The van der Waals surface area contributed by atoms with Crippen LogP contribution in [0.2, 0.25) is 0 Å². The predicted molar refractivity (Wildman–Crippen MR) is 38.5 cm³/mol. The Balaban J connectivity index is 4.53. The van der Waals surface area contributed by atoms with E-state index in [1.807, 2.05) is 20.8 Å². The zero-order chi connectivity index (χ0) is 7.00. The van der Waals surface area contributed by atoms with E-state index in [4.69, 9.17) is 9.56 Å². The SMILES string of the molecule is CC(C)(C)S(C)(=N)=N. The van der Waals surface area contributed by atoms with Gasteiger partial charge in [-0.05, 0) is 20.8 Å². The molecule has 0 rings (SSSR count). The van der Waals surface area contributed by atoms with Crippen molar-refractivity contribution in [1.82, 2.24) is 0 Å². The van der Waals surface area contributed by atoms with E-state index in [1.165, 1.54) is 0 Å². The maximum Gasteiger partial charge on any atom is 0.0268 e. The van der Waals surface area contributed by atoms with Gasteiger partial charge in [0, 0.05) is 11.0 Å². The van der Waals surface area contributed by atoms with Gasteiger partial charge in [-0.25, -0.2) is 0 Å². The lowest BCUT2D eigenvalue weighted by Crippen LogP contribution is -2.23. The van der Waals surface area contributed by atoms with Crippen molar-refractivity contribution in [2.75, 3.05) is 6.26 Å². The monoisotopic (exact) mass is 134 g/mol. The Morgan fingerprint density at radius 1 is 1.12 bits per heavy atom. The quantitative estimate of drug-likeness (QED) is 0.509. The van der Waals surface area contributed by atoms with Crippen LogP contribution < -0.4 is 0 Å². The van der Waals surface area contributed by atoms with Crippen molar-refractivity contribution in [2.24, 2.45) is 0 Å². The minimum absolute atomic E-state index is 0.146. The molecule has 0 aromatic carbocycles. The van der Waals surface area contributed by atoms with Gasteiger partial charge >= 0.3 is 0 Å². The first-order chi connectivity index (χ1) is 3.25. The summed E-state index contributed by atoms with van der Waals surface area (Å²) < 4.78 is 14.5. The smallest absolute Gasteiger partial charge is 0.0268 e. The van der Waals surface area contributed by atoms with Gasteiger partial charge in [-0.2, -0.15) is 0 Å². The third kappa shape index (κ3) is 1.82. The largest absolute Gasteiger partial charge is 0.270 e. The number of hydrogen-bond acceptors (Lipinski definition) is 2. The molecular formula is C5H14N2S. The van der Waals surface area contributed by atoms with Gasteiger partial charge in [-0.15, -0.1) is 0 Å². The van der Waals surface area contributed by atoms with Crippen molar-refractivity contribution in [2.45, 2.75) is 25.5 Å². The van der Waals surface area contributed by atoms with Crippen LogP contribution in [0.1, 0.15) is 20.8 Å². The Morgan fingerprint density at radius 3 is 1.25 bits per heavy atom. The number of rotatable bonds is 0. The van der Waals surface area contributed by atoms with Gasteiger partial charge in [0.25, 0.3) is 0 Å². The zero-order valence-corrected chi connectivity index (χ0v) is 6.72. The molecule has 8 heavy (non-hydrogen) atoms. The van der Waals surface area contributed by atoms with Gasteiger partial charge in [0.15, 0.2) is 0 Å². The first-order valence-electron chi connectivity index (χ1n) is 2.52. The lowest BCUT2D eigenvalue weighted by Gasteiger charge is -2.21. The minimum atomic E-state index is -1.84. The molecule has 0 aliphatic heterocycles. The highest BCUT2D eigenvalue weighted by Crippen LogP contribution is 2.13. The summed E-state index contributed by atoms with van der Waals surface area (Å²) in [6, 6.07) is 0. The van der Waals surface area contributed by atoms with Crippen LogP contribution in [0.4, 0.5) is 0 Å². The van der Waals surface area contributed by atoms with Gasteiger partial charge in [0.05, 0.1) is 0 Å². The molecule has 0 saturated heterocycles. The first kappa shape index (κ1) is 7.95. The molecule has 0 aliphatic carbocycles. The summed E-state index contributed by atoms with van der Waals surface area (Å²) in [6.07, 6.45) is 1.69. The highest BCUT2D eigenvalue weighted by molar-refractivity contribution is 7.94. The van der Waals surface area contributed by atoms with Crippen molar-refractivity contribution in [3.63, 3.8) is 0 Å². The summed E-state index contributed by atoms with van der Waals surface area (Å²) >= 11 is 0. The average Bonchev–Trinajstić information content (AvgIpc) is 1.25. The fourth-order valence-electron chi connectivity index (χ4n) is 0. The van der Waals surface area contributed by atoms with Gasteiger partial charge in [-0.3, -0.25) is 9.56 Å². The van der Waals surface area contributed by atoms with Crippen LogP contribution in [-0.2, 0) is 9.62 Å². The molecule has 0 amide bonds. The molecule has 0 spiro atoms. The summed E-state index contributed by atoms with van der Waals surface area (Å²) in [6.45, 7) is 5.80. The lowest BCUT2D eigenvalue weighted by atomic mass is 10.3. The van der Waals surface area contributed by atoms with Crippen LogP contribution in [0.3, 0.4) is 0 Å². The summed E-state index contributed by atoms with van der Waals surface area (Å²) in [5.74, 6) is 0. The molecule has 0 radical (unpaired) electrons. The van der Waals surface area contributed by atoms with Crippen molar-refractivity contribution >= 4 is 9.62 Å². The van der Waals surface area contributed by atoms with Crippen LogP contribution in [-0.4, -0.2) is 11.0 Å². The van der Waals surface area contributed by atoms with E-state index in [1.54, 1.807) is 6.26 Å². The van der Waals surface area contributed by atoms with E-state index in [2.05, 4.69) is 0 Å². The summed E-state index contributed by atoms with van der Waals surface area (Å²) in [4.78, 5) is 0. The van der Waals surface area contributed by atoms with E-state index < -0.39 is 9.62 Å². The van der Waals surface area contributed by atoms with E-state index in [9.17, 15) is 0 Å². The second-order valence-corrected chi connectivity index (χ2v) is 6.09. The molecule has 2 N–H and O–H groups in total. The number of hydrogen-bond donors (Lipinski definition) is 2. The molecule has 0 aliphatic rings. The second-order valence-electron chi connectivity index (χ2n) is 3.03. The van der Waals surface area contributed by atoms with E-state index in [0.717, 1.165) is 0 Å². The molecule has 0 heterocycles. The third-order valence-electron chi connectivity index (χ3n) is 1.22. The Bertz CT molecular complexity index is 159. The molecule has 0 bridgehead atoms. The van der Waals surface area contributed by atoms with Crippen molar-refractivity contribution in [3.05, 3.63) is 0 Å². The Labute approximate surface area is 51.7 Å². The Morgan fingerprint density at radius 2 is 1.25 bits per heavy atom. The molecule has 2 nitrogen and oxygen atoms in total. The molecule has 50 valence electrons. The van der Waals surface area contributed by atoms with Gasteiger partial charge in [0.1, 0.15) is 0 Å². The van der Waals surface area contributed by atoms with Gasteiger partial charge in [-0.1, -0.05) is 9.62 Å². The van der Waals surface area contributed by atoms with Crippen molar-refractivity contribution in [3.8, 4) is 0 Å². The summed E-state index contributed by atoms with van der Waals surface area (Å²) in [5, 5.41) is 0.